The topological polar surface area (TPSA) is 115 Å². The van der Waals surface area contributed by atoms with Crippen LogP contribution in [0.25, 0.3) is 0 Å². The molecule has 0 unspecified atom stereocenters. The SMILES string of the molecule is C/N=C\C(=C/NCC1CC1)C(=N)NC(=O)C(=O)O. The maximum atomic E-state index is 10.9. The third-order valence-corrected chi connectivity index (χ3v) is 2.35. The van der Waals surface area contributed by atoms with Crippen molar-refractivity contribution in [2.24, 2.45) is 10.9 Å². The summed E-state index contributed by atoms with van der Waals surface area (Å²) in [4.78, 5) is 25.0. The molecule has 1 amide bonds. The van der Waals surface area contributed by atoms with E-state index >= 15 is 0 Å². The summed E-state index contributed by atoms with van der Waals surface area (Å²) in [6, 6.07) is 0. The van der Waals surface area contributed by atoms with Crippen LogP contribution in [0.1, 0.15) is 12.8 Å². The number of aliphatic imine (C=N–C) groups is 1. The van der Waals surface area contributed by atoms with Gasteiger partial charge in [0.05, 0.1) is 5.57 Å². The Kier molecular flexibility index (Phi) is 5.04. The Bertz CT molecular complexity index is 411. The molecule has 0 saturated heterocycles. The predicted molar refractivity (Wildman–Crippen MR) is 66.7 cm³/mol. The third-order valence-electron chi connectivity index (χ3n) is 2.35. The van der Waals surface area contributed by atoms with E-state index in [1.165, 1.54) is 26.1 Å². The lowest BCUT2D eigenvalue weighted by Crippen LogP contribution is -2.37. The molecule has 0 radical (unpaired) electrons. The van der Waals surface area contributed by atoms with Crippen LogP contribution < -0.4 is 10.6 Å². The van der Waals surface area contributed by atoms with Gasteiger partial charge in [-0.05, 0) is 18.8 Å². The summed E-state index contributed by atoms with van der Waals surface area (Å²) in [6.07, 6.45) is 5.33. The van der Waals surface area contributed by atoms with Gasteiger partial charge in [0.1, 0.15) is 5.84 Å². The van der Waals surface area contributed by atoms with Crippen LogP contribution in [-0.4, -0.2) is 42.6 Å². The summed E-state index contributed by atoms with van der Waals surface area (Å²) in [5, 5.41) is 21.0. The number of nitrogens with one attached hydrogen (secondary N) is 3. The number of amidine groups is 1. The molecular formula is C11H16N4O3. The number of hydrogen-bond donors (Lipinski definition) is 4. The van der Waals surface area contributed by atoms with Crippen molar-refractivity contribution < 1.29 is 14.7 Å². The third kappa shape index (κ3) is 4.77. The number of aliphatic carboxylic acids is 1. The highest BCUT2D eigenvalue weighted by Crippen LogP contribution is 2.27. The molecule has 1 fully saturated rings. The molecule has 7 heteroatoms. The summed E-state index contributed by atoms with van der Waals surface area (Å²) in [6.45, 7) is 0.807. The zero-order chi connectivity index (χ0) is 13.5. The molecule has 98 valence electrons. The van der Waals surface area contributed by atoms with Crippen LogP contribution in [0.4, 0.5) is 0 Å². The van der Waals surface area contributed by atoms with Gasteiger partial charge in [0, 0.05) is 26.0 Å². The van der Waals surface area contributed by atoms with Gasteiger partial charge in [0.25, 0.3) is 0 Å². The molecule has 4 N–H and O–H groups in total. The van der Waals surface area contributed by atoms with Crippen molar-refractivity contribution in [2.75, 3.05) is 13.6 Å². The van der Waals surface area contributed by atoms with Crippen molar-refractivity contribution in [3.05, 3.63) is 11.8 Å². The normalized spacial score (nSPS) is 15.5. The number of carboxylic acids is 1. The van der Waals surface area contributed by atoms with Gasteiger partial charge >= 0.3 is 11.9 Å². The number of carbonyl (C=O) groups is 2. The average molecular weight is 252 g/mol. The lowest BCUT2D eigenvalue weighted by molar-refractivity contribution is -0.149. The molecule has 0 aromatic rings. The van der Waals surface area contributed by atoms with Crippen molar-refractivity contribution >= 4 is 23.9 Å². The second kappa shape index (κ2) is 6.53. The molecule has 0 aromatic carbocycles. The summed E-state index contributed by atoms with van der Waals surface area (Å²) in [5.74, 6) is -2.49. The molecule has 0 heterocycles. The molecule has 18 heavy (non-hydrogen) atoms. The Balaban J connectivity index is 2.55. The maximum absolute atomic E-state index is 10.9. The van der Waals surface area contributed by atoms with Gasteiger partial charge in [-0.25, -0.2) is 4.79 Å². The smallest absolute Gasteiger partial charge is 0.394 e. The van der Waals surface area contributed by atoms with Gasteiger partial charge in [-0.2, -0.15) is 0 Å². The Hall–Kier alpha value is -2.18. The maximum Gasteiger partial charge on any atom is 0.394 e. The number of rotatable bonds is 5. The summed E-state index contributed by atoms with van der Waals surface area (Å²) in [5.41, 5.74) is 0.327. The van der Waals surface area contributed by atoms with Gasteiger partial charge in [0.2, 0.25) is 0 Å². The first-order chi connectivity index (χ1) is 8.54. The summed E-state index contributed by atoms with van der Waals surface area (Å²) < 4.78 is 0. The predicted octanol–water partition coefficient (Wildman–Crippen LogP) is -0.251. The van der Waals surface area contributed by atoms with Crippen LogP contribution >= 0.6 is 0 Å². The van der Waals surface area contributed by atoms with E-state index in [1.807, 2.05) is 5.32 Å². The fourth-order valence-corrected chi connectivity index (χ4v) is 1.21. The van der Waals surface area contributed by atoms with E-state index in [0.717, 1.165) is 6.54 Å². The molecule has 0 bridgehead atoms. The van der Waals surface area contributed by atoms with Crippen LogP contribution in [0, 0.1) is 11.3 Å². The van der Waals surface area contributed by atoms with Crippen LogP contribution in [0.5, 0.6) is 0 Å². The highest BCUT2D eigenvalue weighted by Gasteiger charge is 2.20. The highest BCUT2D eigenvalue weighted by atomic mass is 16.4. The minimum Gasteiger partial charge on any atom is -0.474 e. The Morgan fingerprint density at radius 1 is 1.50 bits per heavy atom. The van der Waals surface area contributed by atoms with E-state index in [-0.39, 0.29) is 5.84 Å². The molecular weight excluding hydrogens is 236 g/mol. The van der Waals surface area contributed by atoms with Crippen molar-refractivity contribution in [1.82, 2.24) is 10.6 Å². The van der Waals surface area contributed by atoms with Gasteiger partial charge in [0.15, 0.2) is 0 Å². The highest BCUT2D eigenvalue weighted by molar-refractivity contribution is 6.36. The van der Waals surface area contributed by atoms with Crippen molar-refractivity contribution in [1.29, 1.82) is 5.41 Å². The van der Waals surface area contributed by atoms with Gasteiger partial charge in [-0.3, -0.25) is 15.2 Å². The number of amides is 1. The van der Waals surface area contributed by atoms with Crippen LogP contribution in [-0.2, 0) is 9.59 Å². The molecule has 0 aliphatic heterocycles. The minimum absolute atomic E-state index is 0.295. The van der Waals surface area contributed by atoms with Crippen LogP contribution in [0.15, 0.2) is 16.8 Å². The molecule has 1 saturated carbocycles. The first-order valence-electron chi connectivity index (χ1n) is 5.53. The van der Waals surface area contributed by atoms with Crippen molar-refractivity contribution in [3.8, 4) is 0 Å². The second-order valence-corrected chi connectivity index (χ2v) is 3.97. The molecule has 0 atom stereocenters. The van der Waals surface area contributed by atoms with Crippen LogP contribution in [0.3, 0.4) is 0 Å². The van der Waals surface area contributed by atoms with E-state index in [0.29, 0.717) is 11.5 Å². The summed E-state index contributed by atoms with van der Waals surface area (Å²) in [7, 11) is 1.53. The van der Waals surface area contributed by atoms with E-state index in [4.69, 9.17) is 10.5 Å². The molecule has 1 rings (SSSR count). The first kappa shape index (κ1) is 13.9. The Morgan fingerprint density at radius 3 is 2.67 bits per heavy atom. The fraction of sp³-hybridized carbons (Fsp3) is 0.455. The first-order valence-corrected chi connectivity index (χ1v) is 5.53. The standard InChI is InChI=1S/C11H16N4O3/c1-13-5-8(6-14-4-7-2-3-7)9(12)15-10(16)11(17)18/h5-7,14H,2-4H2,1H3,(H,17,18)(H2,12,15,16)/b8-6+,13-5-. The molecule has 1 aliphatic carbocycles. The number of hydrogen-bond acceptors (Lipinski definition) is 5. The Labute approximate surface area is 104 Å². The van der Waals surface area contributed by atoms with Gasteiger partial charge in [-0.1, -0.05) is 0 Å². The van der Waals surface area contributed by atoms with E-state index < -0.39 is 11.9 Å². The number of nitrogens with zero attached hydrogens (tertiary/aromatic N) is 1. The Morgan fingerprint density at radius 2 is 2.17 bits per heavy atom. The number of carboxylic acid groups (broad SMARTS) is 1. The lowest BCUT2D eigenvalue weighted by atomic mass is 10.2. The van der Waals surface area contributed by atoms with E-state index in [1.54, 1.807) is 6.20 Å². The van der Waals surface area contributed by atoms with Crippen molar-refractivity contribution in [2.45, 2.75) is 12.8 Å². The zero-order valence-electron chi connectivity index (χ0n) is 10.1. The second-order valence-electron chi connectivity index (χ2n) is 3.97. The molecule has 0 spiro atoms. The number of carbonyl (C=O) groups excluding carboxylic acids is 1. The average Bonchev–Trinajstić information content (AvgIpc) is 3.11. The zero-order valence-corrected chi connectivity index (χ0v) is 10.1. The minimum atomic E-state index is -1.63. The van der Waals surface area contributed by atoms with E-state index in [9.17, 15) is 9.59 Å². The lowest BCUT2D eigenvalue weighted by Gasteiger charge is -2.06. The molecule has 7 nitrogen and oxygen atoms in total. The largest absolute Gasteiger partial charge is 0.474 e. The van der Waals surface area contributed by atoms with Gasteiger partial charge < -0.3 is 15.7 Å². The fourth-order valence-electron chi connectivity index (χ4n) is 1.21. The molecule has 0 aromatic heterocycles. The summed E-state index contributed by atoms with van der Waals surface area (Å²) >= 11 is 0. The van der Waals surface area contributed by atoms with Crippen molar-refractivity contribution in [3.63, 3.8) is 0 Å². The van der Waals surface area contributed by atoms with E-state index in [2.05, 4.69) is 10.3 Å². The van der Waals surface area contributed by atoms with Gasteiger partial charge in [-0.15, -0.1) is 0 Å². The molecule has 1 aliphatic rings. The quantitative estimate of drug-likeness (QED) is 0.307. The monoisotopic (exact) mass is 252 g/mol. The van der Waals surface area contributed by atoms with Crippen LogP contribution in [0.2, 0.25) is 0 Å².